The van der Waals surface area contributed by atoms with E-state index in [1.807, 2.05) is 42.5 Å². The molecular weight excluding hydrogens is 404 g/mol. The monoisotopic (exact) mass is 434 g/mol. The molecule has 6 heteroatoms. The van der Waals surface area contributed by atoms with Crippen LogP contribution in [0.1, 0.15) is 24.0 Å². The van der Waals surface area contributed by atoms with Crippen molar-refractivity contribution in [2.75, 3.05) is 32.6 Å². The summed E-state index contributed by atoms with van der Waals surface area (Å²) >= 11 is 0. The highest BCUT2D eigenvalue weighted by Gasteiger charge is 2.26. The Morgan fingerprint density at radius 1 is 1.16 bits per heavy atom. The summed E-state index contributed by atoms with van der Waals surface area (Å²) in [5.41, 5.74) is 4.04. The Morgan fingerprint density at radius 3 is 2.72 bits per heavy atom. The fourth-order valence-electron chi connectivity index (χ4n) is 4.27. The van der Waals surface area contributed by atoms with Crippen LogP contribution >= 0.6 is 0 Å². The molecule has 1 aliphatic heterocycles. The second-order valence-electron chi connectivity index (χ2n) is 8.20. The van der Waals surface area contributed by atoms with Gasteiger partial charge in [-0.15, -0.1) is 0 Å². The summed E-state index contributed by atoms with van der Waals surface area (Å²) in [6.45, 7) is 3.07. The number of benzene rings is 2. The molecule has 1 amide bonds. The van der Waals surface area contributed by atoms with Gasteiger partial charge in [0.1, 0.15) is 11.5 Å². The number of anilines is 1. The number of carbonyl (C=O) groups excluding carboxylic acids is 1. The summed E-state index contributed by atoms with van der Waals surface area (Å²) in [7, 11) is 3.36. The SMILES string of the molecule is COCc1cc(CN2CCC[C@@H](C(=O)Nc3ccc(-c4ccco4)cc3)C2)ccc1OC. The van der Waals surface area contributed by atoms with Crippen molar-refractivity contribution in [1.29, 1.82) is 0 Å². The minimum absolute atomic E-state index is 0.0230. The van der Waals surface area contributed by atoms with Gasteiger partial charge in [0, 0.05) is 37.0 Å². The molecule has 32 heavy (non-hydrogen) atoms. The zero-order valence-corrected chi connectivity index (χ0v) is 18.7. The number of rotatable bonds is 8. The van der Waals surface area contributed by atoms with Gasteiger partial charge < -0.3 is 19.2 Å². The molecule has 168 valence electrons. The molecule has 3 aromatic rings. The predicted octanol–water partition coefficient (Wildman–Crippen LogP) is 4.95. The smallest absolute Gasteiger partial charge is 0.228 e. The maximum Gasteiger partial charge on any atom is 0.228 e. The number of methoxy groups -OCH3 is 2. The normalized spacial score (nSPS) is 16.6. The van der Waals surface area contributed by atoms with E-state index in [9.17, 15) is 4.79 Å². The fraction of sp³-hybridized carbons (Fsp3) is 0.346. The van der Waals surface area contributed by atoms with Crippen LogP contribution < -0.4 is 10.1 Å². The topological polar surface area (TPSA) is 63.9 Å². The van der Waals surface area contributed by atoms with E-state index in [1.165, 1.54) is 5.56 Å². The average molecular weight is 435 g/mol. The van der Waals surface area contributed by atoms with Crippen LogP contribution in [0.3, 0.4) is 0 Å². The number of likely N-dealkylation sites (tertiary alicyclic amines) is 1. The number of amides is 1. The van der Waals surface area contributed by atoms with Gasteiger partial charge in [0.15, 0.2) is 0 Å². The van der Waals surface area contributed by atoms with Crippen molar-refractivity contribution in [3.8, 4) is 17.1 Å². The molecule has 0 radical (unpaired) electrons. The van der Waals surface area contributed by atoms with E-state index >= 15 is 0 Å². The predicted molar refractivity (Wildman–Crippen MR) is 124 cm³/mol. The van der Waals surface area contributed by atoms with Crippen molar-refractivity contribution in [1.82, 2.24) is 4.90 Å². The first-order valence-corrected chi connectivity index (χ1v) is 11.0. The molecule has 2 aromatic carbocycles. The molecule has 6 nitrogen and oxygen atoms in total. The third kappa shape index (κ3) is 5.39. The lowest BCUT2D eigenvalue weighted by Crippen LogP contribution is -2.40. The van der Waals surface area contributed by atoms with Crippen molar-refractivity contribution in [3.05, 3.63) is 72.0 Å². The molecule has 1 aliphatic rings. The summed E-state index contributed by atoms with van der Waals surface area (Å²) in [5, 5.41) is 3.08. The lowest BCUT2D eigenvalue weighted by molar-refractivity contribution is -0.121. The van der Waals surface area contributed by atoms with E-state index < -0.39 is 0 Å². The Hall–Kier alpha value is -3.09. The van der Waals surface area contributed by atoms with Crippen LogP contribution in [0.4, 0.5) is 5.69 Å². The summed E-state index contributed by atoms with van der Waals surface area (Å²) in [6, 6.07) is 17.8. The molecule has 0 bridgehead atoms. The minimum Gasteiger partial charge on any atom is -0.496 e. The van der Waals surface area contributed by atoms with Crippen molar-refractivity contribution in [2.45, 2.75) is 26.0 Å². The van der Waals surface area contributed by atoms with E-state index in [0.717, 1.165) is 60.8 Å². The van der Waals surface area contributed by atoms with Crippen molar-refractivity contribution in [3.63, 3.8) is 0 Å². The summed E-state index contributed by atoms with van der Waals surface area (Å²) in [6.07, 6.45) is 3.57. The molecular formula is C26H30N2O4. The first-order valence-electron chi connectivity index (χ1n) is 11.0. The van der Waals surface area contributed by atoms with Crippen LogP contribution in [0.5, 0.6) is 5.75 Å². The quantitative estimate of drug-likeness (QED) is 0.543. The van der Waals surface area contributed by atoms with Gasteiger partial charge in [-0.1, -0.05) is 6.07 Å². The molecule has 1 saturated heterocycles. The van der Waals surface area contributed by atoms with Crippen LogP contribution in [0.2, 0.25) is 0 Å². The summed E-state index contributed by atoms with van der Waals surface area (Å²) in [5.74, 6) is 1.71. The Bertz CT molecular complexity index is 1010. The first-order chi connectivity index (χ1) is 15.7. The van der Waals surface area contributed by atoms with Gasteiger partial charge in [0.05, 0.1) is 25.9 Å². The van der Waals surface area contributed by atoms with Gasteiger partial charge in [-0.05, 0) is 73.5 Å². The molecule has 0 unspecified atom stereocenters. The van der Waals surface area contributed by atoms with Gasteiger partial charge in [-0.25, -0.2) is 0 Å². The number of carbonyl (C=O) groups is 1. The molecule has 0 saturated carbocycles. The van der Waals surface area contributed by atoms with Crippen molar-refractivity contribution >= 4 is 11.6 Å². The third-order valence-electron chi connectivity index (χ3n) is 5.89. The van der Waals surface area contributed by atoms with Crippen molar-refractivity contribution in [2.24, 2.45) is 5.92 Å². The maximum absolute atomic E-state index is 12.9. The molecule has 4 rings (SSSR count). The van der Waals surface area contributed by atoms with Gasteiger partial charge in [-0.3, -0.25) is 9.69 Å². The Kier molecular flexibility index (Phi) is 7.24. The number of hydrogen-bond donors (Lipinski definition) is 1. The van der Waals surface area contributed by atoms with E-state index in [1.54, 1.807) is 20.5 Å². The largest absolute Gasteiger partial charge is 0.496 e. The second kappa shape index (κ2) is 10.5. The van der Waals surface area contributed by atoms with Crippen molar-refractivity contribution < 1.29 is 18.7 Å². The van der Waals surface area contributed by atoms with Crippen LogP contribution in [0.15, 0.2) is 65.3 Å². The van der Waals surface area contributed by atoms with E-state index in [-0.39, 0.29) is 11.8 Å². The Morgan fingerprint density at radius 2 is 2.00 bits per heavy atom. The number of furan rings is 1. The average Bonchev–Trinajstić information content (AvgIpc) is 3.35. The van der Waals surface area contributed by atoms with Crippen LogP contribution in [0, 0.1) is 5.92 Å². The maximum atomic E-state index is 12.9. The number of nitrogens with zero attached hydrogens (tertiary/aromatic N) is 1. The molecule has 1 fully saturated rings. The standard InChI is InChI=1S/C26H30N2O4/c1-30-18-22-15-19(7-12-24(22)31-2)16-28-13-3-5-21(17-28)26(29)27-23-10-8-20(9-11-23)25-6-4-14-32-25/h4,6-12,14-15,21H,3,5,13,16-18H2,1-2H3,(H,27,29)/t21-/m1/s1. The highest BCUT2D eigenvalue weighted by atomic mass is 16.5. The zero-order chi connectivity index (χ0) is 22.3. The van der Waals surface area contributed by atoms with Gasteiger partial charge in [-0.2, -0.15) is 0 Å². The fourth-order valence-corrected chi connectivity index (χ4v) is 4.27. The Balaban J connectivity index is 1.35. The van der Waals surface area contributed by atoms with Gasteiger partial charge >= 0.3 is 0 Å². The van der Waals surface area contributed by atoms with Crippen LogP contribution in [-0.4, -0.2) is 38.1 Å². The lowest BCUT2D eigenvalue weighted by atomic mass is 9.96. The molecule has 0 spiro atoms. The van der Waals surface area contributed by atoms with Crippen LogP contribution in [-0.2, 0) is 22.7 Å². The highest BCUT2D eigenvalue weighted by molar-refractivity contribution is 5.93. The van der Waals surface area contributed by atoms with Crippen LogP contribution in [0.25, 0.3) is 11.3 Å². The Labute approximate surface area is 189 Å². The summed E-state index contributed by atoms with van der Waals surface area (Å²) < 4.78 is 16.1. The number of hydrogen-bond acceptors (Lipinski definition) is 5. The van der Waals surface area contributed by atoms with Gasteiger partial charge in [0.25, 0.3) is 0 Å². The first kappa shape index (κ1) is 22.1. The molecule has 0 aliphatic carbocycles. The number of nitrogens with one attached hydrogen (secondary N) is 1. The molecule has 2 heterocycles. The highest BCUT2D eigenvalue weighted by Crippen LogP contribution is 2.25. The zero-order valence-electron chi connectivity index (χ0n) is 18.7. The minimum atomic E-state index is -0.0230. The van der Waals surface area contributed by atoms with E-state index in [0.29, 0.717) is 6.61 Å². The molecule has 1 aromatic heterocycles. The number of ether oxygens (including phenoxy) is 2. The lowest BCUT2D eigenvalue weighted by Gasteiger charge is -2.32. The second-order valence-corrected chi connectivity index (χ2v) is 8.20. The van der Waals surface area contributed by atoms with Gasteiger partial charge in [0.2, 0.25) is 5.91 Å². The van der Waals surface area contributed by atoms with E-state index in [4.69, 9.17) is 13.9 Å². The third-order valence-corrected chi connectivity index (χ3v) is 5.89. The van der Waals surface area contributed by atoms with E-state index in [2.05, 4.69) is 22.3 Å². The summed E-state index contributed by atoms with van der Waals surface area (Å²) in [4.78, 5) is 15.3. The molecule has 1 atom stereocenters. The molecule has 1 N–H and O–H groups in total. The number of piperidine rings is 1.